The van der Waals surface area contributed by atoms with Gasteiger partial charge < -0.3 is 0 Å². The number of hydrogen-bond acceptors (Lipinski definition) is 0. The molecule has 4 rings (SSSR count). The molecule has 4 fully saturated rings. The molecule has 0 amide bonds. The van der Waals surface area contributed by atoms with E-state index in [1.807, 2.05) is 0 Å². The smallest absolute Gasteiger partial charge is 0.0236 e. The fraction of sp³-hybridized carbons (Fsp3) is 0.923. The van der Waals surface area contributed by atoms with Crippen LogP contribution < -0.4 is 0 Å². The molecule has 0 spiro atoms. The molecule has 0 aliphatic heterocycles. The Labute approximate surface area is 163 Å². The predicted octanol–water partition coefficient (Wildman–Crippen LogP) is 8.17. The molecule has 0 bridgehead atoms. The van der Waals surface area contributed by atoms with E-state index in [1.165, 1.54) is 38.5 Å². The van der Waals surface area contributed by atoms with Crippen LogP contribution in [0.2, 0.25) is 0 Å². The van der Waals surface area contributed by atoms with Gasteiger partial charge in [0.05, 0.1) is 0 Å². The third-order valence-electron chi connectivity index (χ3n) is 9.33. The lowest BCUT2D eigenvalue weighted by Gasteiger charge is -2.41. The van der Waals surface area contributed by atoms with Gasteiger partial charge in [0.1, 0.15) is 0 Å². The molecule has 0 radical (unpaired) electrons. The summed E-state index contributed by atoms with van der Waals surface area (Å²) in [7, 11) is 0. The average molecular weight is 357 g/mol. The summed E-state index contributed by atoms with van der Waals surface area (Å²) in [5, 5.41) is 0. The van der Waals surface area contributed by atoms with E-state index in [4.69, 9.17) is 0 Å². The molecule has 0 aromatic carbocycles. The van der Waals surface area contributed by atoms with Gasteiger partial charge in [-0.3, -0.25) is 0 Å². The molecule has 26 heavy (non-hydrogen) atoms. The van der Waals surface area contributed by atoms with E-state index in [1.54, 1.807) is 70.6 Å². The monoisotopic (exact) mass is 356 g/mol. The van der Waals surface area contributed by atoms with E-state index >= 15 is 0 Å². The molecule has 0 atom stereocenters. The molecular weight excluding hydrogens is 312 g/mol. The molecule has 0 aromatic heterocycles. The van der Waals surface area contributed by atoms with Gasteiger partial charge >= 0.3 is 0 Å². The van der Waals surface area contributed by atoms with Gasteiger partial charge in [-0.05, 0) is 112 Å². The van der Waals surface area contributed by atoms with Crippen molar-refractivity contribution in [2.24, 2.45) is 41.4 Å². The zero-order chi connectivity index (χ0) is 17.8. The molecule has 0 saturated heterocycles. The molecule has 0 nitrogen and oxygen atoms in total. The minimum atomic E-state index is 0.835. The molecule has 4 saturated carbocycles. The maximum atomic E-state index is 4.02. The summed E-state index contributed by atoms with van der Waals surface area (Å²) in [5.74, 6) is 7.40. The van der Waals surface area contributed by atoms with Gasteiger partial charge in [0.2, 0.25) is 0 Å². The van der Waals surface area contributed by atoms with Crippen LogP contribution in [0, 0.1) is 41.4 Å². The van der Waals surface area contributed by atoms with Crippen molar-refractivity contribution in [1.82, 2.24) is 0 Å². The third-order valence-corrected chi connectivity index (χ3v) is 9.33. The highest BCUT2D eigenvalue weighted by Crippen LogP contribution is 2.47. The maximum absolute atomic E-state index is 4.02. The predicted molar refractivity (Wildman–Crippen MR) is 113 cm³/mol. The average Bonchev–Trinajstić information content (AvgIpc) is 3.22. The molecule has 0 heterocycles. The summed E-state index contributed by atoms with van der Waals surface area (Å²) in [6, 6.07) is 0. The Balaban J connectivity index is 1.15. The second kappa shape index (κ2) is 9.29. The van der Waals surface area contributed by atoms with Crippen LogP contribution in [0.5, 0.6) is 0 Å². The molecule has 0 unspecified atom stereocenters. The molecule has 4 aliphatic rings. The van der Waals surface area contributed by atoms with Gasteiger partial charge in [-0.2, -0.15) is 0 Å². The fourth-order valence-corrected chi connectivity index (χ4v) is 7.55. The number of rotatable bonds is 5. The third kappa shape index (κ3) is 4.77. The minimum absolute atomic E-state index is 0.835. The summed E-state index contributed by atoms with van der Waals surface area (Å²) < 4.78 is 0. The first-order valence-electron chi connectivity index (χ1n) is 12.4. The zero-order valence-electron chi connectivity index (χ0n) is 17.3. The highest BCUT2D eigenvalue weighted by Gasteiger charge is 2.34. The molecular formula is C26H44. The van der Waals surface area contributed by atoms with Crippen molar-refractivity contribution in [3.8, 4) is 0 Å². The normalized spacial score (nSPS) is 42.6. The lowest BCUT2D eigenvalue weighted by molar-refractivity contribution is 0.105. The molecule has 0 aromatic rings. The van der Waals surface area contributed by atoms with Crippen LogP contribution in [0.1, 0.15) is 109 Å². The Hall–Kier alpha value is -0.260. The SMILES string of the molecule is C=CC1CCC(C2CCC(C3CCC(CC4CCCC4)CC3)CC2)CC1. The zero-order valence-corrected chi connectivity index (χ0v) is 17.3. The highest BCUT2D eigenvalue weighted by molar-refractivity contribution is 4.89. The Morgan fingerprint density at radius 2 is 0.885 bits per heavy atom. The topological polar surface area (TPSA) is 0 Å². The van der Waals surface area contributed by atoms with Gasteiger partial charge in [-0.1, -0.05) is 44.6 Å². The minimum Gasteiger partial charge on any atom is -0.103 e. The molecule has 4 aliphatic carbocycles. The first-order valence-corrected chi connectivity index (χ1v) is 12.4. The van der Waals surface area contributed by atoms with Gasteiger partial charge in [0, 0.05) is 0 Å². The first kappa shape index (κ1) is 19.1. The second-order valence-electron chi connectivity index (χ2n) is 10.8. The fourth-order valence-electron chi connectivity index (χ4n) is 7.55. The van der Waals surface area contributed by atoms with Crippen molar-refractivity contribution in [3.05, 3.63) is 12.7 Å². The van der Waals surface area contributed by atoms with Crippen LogP contribution in [-0.2, 0) is 0 Å². The van der Waals surface area contributed by atoms with Crippen molar-refractivity contribution < 1.29 is 0 Å². The van der Waals surface area contributed by atoms with Crippen molar-refractivity contribution in [1.29, 1.82) is 0 Å². The Bertz CT molecular complexity index is 407. The van der Waals surface area contributed by atoms with E-state index in [0.717, 1.165) is 41.4 Å². The largest absolute Gasteiger partial charge is 0.103 e. The van der Waals surface area contributed by atoms with Crippen molar-refractivity contribution in [3.63, 3.8) is 0 Å². The van der Waals surface area contributed by atoms with Gasteiger partial charge in [0.25, 0.3) is 0 Å². The number of allylic oxidation sites excluding steroid dienone is 1. The quantitative estimate of drug-likeness (QED) is 0.436. The Morgan fingerprint density at radius 3 is 1.35 bits per heavy atom. The Morgan fingerprint density at radius 1 is 0.500 bits per heavy atom. The van der Waals surface area contributed by atoms with Crippen LogP contribution in [0.4, 0.5) is 0 Å². The van der Waals surface area contributed by atoms with E-state index in [2.05, 4.69) is 12.7 Å². The molecule has 148 valence electrons. The molecule has 0 N–H and O–H groups in total. The van der Waals surface area contributed by atoms with Crippen molar-refractivity contribution in [2.45, 2.75) is 109 Å². The number of hydrogen-bond donors (Lipinski definition) is 0. The van der Waals surface area contributed by atoms with Gasteiger partial charge in [-0.25, -0.2) is 0 Å². The standard InChI is InChI=1S/C26H44/c1-2-20-7-11-23(12-8-20)25-15-17-26(18-16-25)24-13-9-22(10-14-24)19-21-5-3-4-6-21/h2,20-26H,1,3-19H2. The van der Waals surface area contributed by atoms with E-state index < -0.39 is 0 Å². The van der Waals surface area contributed by atoms with E-state index in [-0.39, 0.29) is 0 Å². The van der Waals surface area contributed by atoms with Crippen LogP contribution in [-0.4, -0.2) is 0 Å². The highest BCUT2D eigenvalue weighted by atomic mass is 14.4. The summed E-state index contributed by atoms with van der Waals surface area (Å²) in [6.07, 6.45) is 28.4. The summed E-state index contributed by atoms with van der Waals surface area (Å²) in [6.45, 7) is 4.02. The Kier molecular flexibility index (Phi) is 6.82. The van der Waals surface area contributed by atoms with Gasteiger partial charge in [0.15, 0.2) is 0 Å². The lowest BCUT2D eigenvalue weighted by atomic mass is 9.64. The van der Waals surface area contributed by atoms with Crippen molar-refractivity contribution in [2.75, 3.05) is 0 Å². The van der Waals surface area contributed by atoms with Crippen LogP contribution in [0.15, 0.2) is 12.7 Å². The van der Waals surface area contributed by atoms with Crippen molar-refractivity contribution >= 4 is 0 Å². The lowest BCUT2D eigenvalue weighted by Crippen LogP contribution is -2.29. The van der Waals surface area contributed by atoms with E-state index in [0.29, 0.717) is 0 Å². The van der Waals surface area contributed by atoms with Crippen LogP contribution in [0.3, 0.4) is 0 Å². The molecule has 0 heteroatoms. The van der Waals surface area contributed by atoms with Crippen LogP contribution in [0.25, 0.3) is 0 Å². The summed E-state index contributed by atoms with van der Waals surface area (Å²) in [4.78, 5) is 0. The summed E-state index contributed by atoms with van der Waals surface area (Å²) >= 11 is 0. The summed E-state index contributed by atoms with van der Waals surface area (Å²) in [5.41, 5.74) is 0. The van der Waals surface area contributed by atoms with E-state index in [9.17, 15) is 0 Å². The van der Waals surface area contributed by atoms with Gasteiger partial charge in [-0.15, -0.1) is 6.58 Å². The first-order chi connectivity index (χ1) is 12.8. The maximum Gasteiger partial charge on any atom is -0.0236 e. The second-order valence-corrected chi connectivity index (χ2v) is 10.8. The van der Waals surface area contributed by atoms with Crippen LogP contribution >= 0.6 is 0 Å².